The molecule has 0 amide bonds. The quantitative estimate of drug-likeness (QED) is 0.421. The van der Waals surface area contributed by atoms with Crippen LogP contribution in [0.2, 0.25) is 5.02 Å². The van der Waals surface area contributed by atoms with Gasteiger partial charge in [0.2, 0.25) is 5.82 Å². The number of nitrogens with one attached hydrogen (secondary N) is 1. The average molecular weight is 465 g/mol. The fourth-order valence-electron chi connectivity index (χ4n) is 2.17. The van der Waals surface area contributed by atoms with Crippen LogP contribution in [-0.2, 0) is 0 Å². The zero-order valence-corrected chi connectivity index (χ0v) is 15.5. The summed E-state index contributed by atoms with van der Waals surface area (Å²) in [5.74, 6) is 2.26. The van der Waals surface area contributed by atoms with Crippen molar-refractivity contribution in [3.63, 3.8) is 0 Å². The van der Waals surface area contributed by atoms with Crippen molar-refractivity contribution in [2.45, 2.75) is 0 Å². The second kappa shape index (κ2) is 6.85. The van der Waals surface area contributed by atoms with Crippen molar-refractivity contribution in [1.29, 1.82) is 0 Å². The smallest absolute Gasteiger partial charge is 0.277 e. The molecule has 6 nitrogen and oxygen atoms in total. The Balaban J connectivity index is 1.53. The Morgan fingerprint density at radius 3 is 2.32 bits per heavy atom. The van der Waals surface area contributed by atoms with Crippen molar-refractivity contribution >= 4 is 34.2 Å². The van der Waals surface area contributed by atoms with E-state index >= 15 is 0 Å². The van der Waals surface area contributed by atoms with E-state index in [0.29, 0.717) is 16.5 Å². The molecule has 0 bridgehead atoms. The third kappa shape index (κ3) is 3.52. The lowest BCUT2D eigenvalue weighted by atomic mass is 10.2. The van der Waals surface area contributed by atoms with Gasteiger partial charge in [0.25, 0.3) is 5.89 Å². The molecule has 4 rings (SSSR count). The highest BCUT2D eigenvalue weighted by Gasteiger charge is 2.15. The molecule has 0 spiro atoms. The van der Waals surface area contributed by atoms with Crippen LogP contribution in [0.15, 0.2) is 59.3 Å². The number of aromatic nitrogens is 4. The Hall–Kier alpha value is -2.39. The van der Waals surface area contributed by atoms with Gasteiger partial charge in [0, 0.05) is 9.13 Å². The molecule has 2 heterocycles. The van der Waals surface area contributed by atoms with Gasteiger partial charge in [-0.1, -0.05) is 16.8 Å². The Kier molecular flexibility index (Phi) is 4.41. The number of rotatable bonds is 4. The lowest BCUT2D eigenvalue weighted by molar-refractivity contribution is 0.431. The van der Waals surface area contributed by atoms with Gasteiger partial charge in [-0.05, 0) is 71.1 Å². The number of aromatic amines is 1. The molecule has 124 valence electrons. The van der Waals surface area contributed by atoms with E-state index in [2.05, 4.69) is 42.9 Å². The summed E-state index contributed by atoms with van der Waals surface area (Å²) in [7, 11) is 0. The molecule has 0 fully saturated rings. The molecule has 2 aromatic heterocycles. The van der Waals surface area contributed by atoms with Gasteiger partial charge < -0.3 is 9.26 Å². The van der Waals surface area contributed by atoms with Crippen LogP contribution in [0, 0.1) is 3.57 Å². The molecule has 2 aromatic carbocycles. The molecular formula is C17H10ClIN4O2. The first-order valence-corrected chi connectivity index (χ1v) is 8.71. The minimum atomic E-state index is 0.289. The Labute approximate surface area is 161 Å². The number of hydrogen-bond acceptors (Lipinski definition) is 5. The Morgan fingerprint density at radius 1 is 1.00 bits per heavy atom. The largest absolute Gasteiger partial charge is 0.457 e. The van der Waals surface area contributed by atoms with Gasteiger partial charge in [0.15, 0.2) is 0 Å². The van der Waals surface area contributed by atoms with Gasteiger partial charge in [-0.2, -0.15) is 10.1 Å². The first-order valence-electron chi connectivity index (χ1n) is 7.26. The molecule has 0 saturated heterocycles. The highest BCUT2D eigenvalue weighted by atomic mass is 127. The fraction of sp³-hybridized carbons (Fsp3) is 0. The maximum Gasteiger partial charge on any atom is 0.277 e. The topological polar surface area (TPSA) is 76.8 Å². The summed E-state index contributed by atoms with van der Waals surface area (Å²) < 4.78 is 12.2. The van der Waals surface area contributed by atoms with E-state index in [9.17, 15) is 0 Å². The highest BCUT2D eigenvalue weighted by Crippen LogP contribution is 2.28. The van der Waals surface area contributed by atoms with Crippen molar-refractivity contribution in [2.24, 2.45) is 0 Å². The van der Waals surface area contributed by atoms with Crippen molar-refractivity contribution in [3.05, 3.63) is 63.3 Å². The summed E-state index contributed by atoms with van der Waals surface area (Å²) in [5.41, 5.74) is 1.31. The first kappa shape index (κ1) is 16.1. The van der Waals surface area contributed by atoms with Gasteiger partial charge in [0.1, 0.15) is 17.2 Å². The van der Waals surface area contributed by atoms with Crippen molar-refractivity contribution < 1.29 is 9.26 Å². The van der Waals surface area contributed by atoms with Crippen LogP contribution < -0.4 is 4.74 Å². The third-order valence-corrected chi connectivity index (χ3v) is 4.40. The number of ether oxygens (including phenoxy) is 1. The average Bonchev–Trinajstić information content (AvgIpc) is 3.26. The lowest BCUT2D eigenvalue weighted by Crippen LogP contribution is -1.86. The zero-order chi connectivity index (χ0) is 17.2. The van der Waals surface area contributed by atoms with Gasteiger partial charge in [0.05, 0.1) is 11.2 Å². The number of hydrogen-bond donors (Lipinski definition) is 1. The summed E-state index contributed by atoms with van der Waals surface area (Å²) in [4.78, 5) is 4.33. The van der Waals surface area contributed by atoms with E-state index < -0.39 is 0 Å². The van der Waals surface area contributed by atoms with Gasteiger partial charge >= 0.3 is 0 Å². The predicted molar refractivity (Wildman–Crippen MR) is 102 cm³/mol. The molecule has 0 unspecified atom stereocenters. The predicted octanol–water partition coefficient (Wildman–Crippen LogP) is 5.18. The number of benzene rings is 2. The molecular weight excluding hydrogens is 455 g/mol. The molecule has 0 atom stereocenters. The number of halogens is 2. The van der Waals surface area contributed by atoms with Crippen molar-refractivity contribution in [1.82, 2.24) is 20.3 Å². The maximum atomic E-state index is 6.00. The molecule has 8 heteroatoms. The summed E-state index contributed by atoms with van der Waals surface area (Å²) in [6.07, 6.45) is 1.48. The van der Waals surface area contributed by atoms with Crippen molar-refractivity contribution in [3.8, 4) is 34.5 Å². The molecule has 0 aliphatic heterocycles. The maximum absolute atomic E-state index is 6.00. The molecule has 1 N–H and O–H groups in total. The van der Waals surface area contributed by atoms with Crippen LogP contribution >= 0.6 is 34.2 Å². The molecule has 0 aliphatic carbocycles. The normalized spacial score (nSPS) is 10.8. The van der Waals surface area contributed by atoms with Crippen LogP contribution in [0.4, 0.5) is 0 Å². The minimum absolute atomic E-state index is 0.289. The summed E-state index contributed by atoms with van der Waals surface area (Å²) in [6, 6.07) is 15.3. The molecule has 25 heavy (non-hydrogen) atoms. The van der Waals surface area contributed by atoms with Crippen LogP contribution in [-0.4, -0.2) is 20.3 Å². The minimum Gasteiger partial charge on any atom is -0.457 e. The molecule has 0 saturated carbocycles. The monoisotopic (exact) mass is 464 g/mol. The fourth-order valence-corrected chi connectivity index (χ4v) is 2.71. The molecule has 0 aliphatic rings. The number of nitrogens with zero attached hydrogens (tertiary/aromatic N) is 3. The van der Waals surface area contributed by atoms with Gasteiger partial charge in [-0.3, -0.25) is 5.10 Å². The van der Waals surface area contributed by atoms with E-state index in [0.717, 1.165) is 20.6 Å². The Bertz CT molecular complexity index is 996. The molecule has 0 radical (unpaired) electrons. The summed E-state index contributed by atoms with van der Waals surface area (Å²) in [6.45, 7) is 0. The third-order valence-electron chi connectivity index (χ3n) is 3.39. The van der Waals surface area contributed by atoms with Crippen molar-refractivity contribution in [2.75, 3.05) is 0 Å². The highest BCUT2D eigenvalue weighted by molar-refractivity contribution is 14.1. The first-order chi connectivity index (χ1) is 12.2. The lowest BCUT2D eigenvalue weighted by Gasteiger charge is -2.05. The second-order valence-electron chi connectivity index (χ2n) is 5.10. The van der Waals surface area contributed by atoms with E-state index in [1.807, 2.05) is 48.5 Å². The Morgan fingerprint density at radius 2 is 1.68 bits per heavy atom. The summed E-state index contributed by atoms with van der Waals surface area (Å²) >= 11 is 8.25. The van der Waals surface area contributed by atoms with E-state index in [4.69, 9.17) is 20.9 Å². The number of H-pyrrole nitrogens is 1. The summed E-state index contributed by atoms with van der Waals surface area (Å²) in [5, 5.41) is 11.0. The van der Waals surface area contributed by atoms with Crippen LogP contribution in [0.25, 0.3) is 23.0 Å². The van der Waals surface area contributed by atoms with E-state index in [1.54, 1.807) is 0 Å². The molecule has 4 aromatic rings. The van der Waals surface area contributed by atoms with Crippen LogP contribution in [0.5, 0.6) is 11.5 Å². The van der Waals surface area contributed by atoms with Crippen LogP contribution in [0.1, 0.15) is 0 Å². The van der Waals surface area contributed by atoms with Gasteiger partial charge in [-0.25, -0.2) is 0 Å². The van der Waals surface area contributed by atoms with Crippen LogP contribution in [0.3, 0.4) is 0 Å². The standard InChI is InChI=1S/C17H10ClIN4O2/c18-14-9-20-22-15(14)17-21-16(23-25-17)10-1-5-12(6-2-10)24-13-7-3-11(19)4-8-13/h1-9H,(H,20,22). The second-order valence-corrected chi connectivity index (χ2v) is 6.75. The van der Waals surface area contributed by atoms with E-state index in [-0.39, 0.29) is 5.89 Å². The SMILES string of the molecule is Clc1cn[nH]c1-c1nc(-c2ccc(Oc3ccc(I)cc3)cc2)no1. The zero-order valence-electron chi connectivity index (χ0n) is 12.6. The van der Waals surface area contributed by atoms with E-state index in [1.165, 1.54) is 6.20 Å². The van der Waals surface area contributed by atoms with Gasteiger partial charge in [-0.15, -0.1) is 0 Å².